The fourth-order valence-electron chi connectivity index (χ4n) is 4.47. The first-order valence-electron chi connectivity index (χ1n) is 11.8. The minimum Gasteiger partial charge on any atom is -0.506 e. The number of aromatic hydroxyl groups is 2. The molecule has 0 aliphatic carbocycles. The highest BCUT2D eigenvalue weighted by Crippen LogP contribution is 2.49. The molecule has 0 amide bonds. The summed E-state index contributed by atoms with van der Waals surface area (Å²) in [5.41, 5.74) is 10.6. The highest BCUT2D eigenvalue weighted by molar-refractivity contribution is 9.12. The van der Waals surface area contributed by atoms with E-state index in [-0.39, 0.29) is 11.5 Å². The molecule has 0 fully saturated rings. The van der Waals surface area contributed by atoms with Gasteiger partial charge in [-0.2, -0.15) is 0 Å². The second kappa shape index (κ2) is 14.0. The zero-order valence-corrected chi connectivity index (χ0v) is 34.9. The Morgan fingerprint density at radius 3 is 0.725 bits per heavy atom. The van der Waals surface area contributed by atoms with E-state index in [0.29, 0.717) is 20.1 Å². The lowest BCUT2D eigenvalue weighted by molar-refractivity contribution is 0.465. The first kappa shape index (κ1) is 34.8. The van der Waals surface area contributed by atoms with Gasteiger partial charge in [-0.15, -0.1) is 0 Å². The minimum atomic E-state index is 0.106. The van der Waals surface area contributed by atoms with Crippen LogP contribution in [-0.4, -0.2) is 10.2 Å². The van der Waals surface area contributed by atoms with Gasteiger partial charge in [0, 0.05) is 38.0 Å². The Balaban J connectivity index is 0.000000220. The first-order chi connectivity index (χ1) is 18.5. The third-order valence-corrected chi connectivity index (χ3v) is 13.0. The molecule has 0 radical (unpaired) electrons. The molecule has 0 unspecified atom stereocenters. The Hall–Kier alpha value is 0.320. The van der Waals surface area contributed by atoms with Gasteiger partial charge in [0.05, 0.1) is 8.95 Å². The number of phenolic OH excluding ortho intramolecular Hbond substituents is 2. The maximum Gasteiger partial charge on any atom is 0.138 e. The van der Waals surface area contributed by atoms with Crippen molar-refractivity contribution >= 4 is 127 Å². The van der Waals surface area contributed by atoms with E-state index in [9.17, 15) is 10.2 Å². The van der Waals surface area contributed by atoms with Crippen molar-refractivity contribution < 1.29 is 10.2 Å². The van der Waals surface area contributed by atoms with E-state index in [1.54, 1.807) is 12.1 Å². The zero-order valence-electron chi connectivity index (χ0n) is 22.2. The molecular formula is C30H24Br8O2. The third kappa shape index (κ3) is 6.84. The van der Waals surface area contributed by atoms with E-state index in [4.69, 9.17) is 0 Å². The van der Waals surface area contributed by atoms with E-state index < -0.39 is 0 Å². The van der Waals surface area contributed by atoms with Gasteiger partial charge in [-0.25, -0.2) is 0 Å². The molecule has 212 valence electrons. The molecule has 2 nitrogen and oxygen atoms in total. The van der Waals surface area contributed by atoms with Gasteiger partial charge in [0.15, 0.2) is 0 Å². The molecule has 0 heterocycles. The summed E-state index contributed by atoms with van der Waals surface area (Å²) in [6.45, 7) is 12.4. The molecule has 4 aromatic carbocycles. The van der Waals surface area contributed by atoms with Gasteiger partial charge in [0.2, 0.25) is 0 Å². The van der Waals surface area contributed by atoms with Gasteiger partial charge < -0.3 is 10.2 Å². The molecule has 0 bridgehead atoms. The summed E-state index contributed by atoms with van der Waals surface area (Å²) in [5, 5.41) is 20.8. The standard InChI is InChI=1S/C16H14Br4.C14H10Br4O2/c1-7-11(17)5-12(18)8(2)15(7)16-9(3)13(19)6-14(20)10(16)4;1-5-7(15)3-9(17)13(19)11(5)12-6(2)8(16)4-10(18)14(12)20/h5-6H,1-4H3;3-4,19-20H,1-2H3. The average Bonchev–Trinajstić information content (AvgIpc) is 2.88. The van der Waals surface area contributed by atoms with Crippen LogP contribution >= 0.6 is 127 Å². The topological polar surface area (TPSA) is 40.5 Å². The van der Waals surface area contributed by atoms with Gasteiger partial charge in [-0.05, 0) is 142 Å². The largest absolute Gasteiger partial charge is 0.506 e. The lowest BCUT2D eigenvalue weighted by atomic mass is 9.89. The van der Waals surface area contributed by atoms with E-state index in [1.165, 1.54) is 33.4 Å². The molecule has 10 heteroatoms. The van der Waals surface area contributed by atoms with Gasteiger partial charge >= 0.3 is 0 Å². The van der Waals surface area contributed by atoms with Crippen LogP contribution in [0.1, 0.15) is 33.4 Å². The first-order valence-corrected chi connectivity index (χ1v) is 18.1. The molecule has 0 saturated carbocycles. The van der Waals surface area contributed by atoms with E-state index in [2.05, 4.69) is 167 Å². The maximum atomic E-state index is 10.4. The van der Waals surface area contributed by atoms with Crippen molar-refractivity contribution in [2.24, 2.45) is 0 Å². The summed E-state index contributed by atoms with van der Waals surface area (Å²) in [7, 11) is 0. The van der Waals surface area contributed by atoms with Crippen LogP contribution in [0.15, 0.2) is 60.0 Å². The molecule has 0 atom stereocenters. The minimum absolute atomic E-state index is 0.106. The molecule has 0 spiro atoms. The molecule has 2 N–H and O–H groups in total. The van der Waals surface area contributed by atoms with Crippen LogP contribution in [0.2, 0.25) is 0 Å². The number of rotatable bonds is 2. The Morgan fingerprint density at radius 1 is 0.325 bits per heavy atom. The van der Waals surface area contributed by atoms with Crippen molar-refractivity contribution in [2.75, 3.05) is 0 Å². The summed E-state index contributed by atoms with van der Waals surface area (Å²) < 4.78 is 7.35. The van der Waals surface area contributed by atoms with Crippen molar-refractivity contribution in [1.82, 2.24) is 0 Å². The molecule has 0 aromatic heterocycles. The SMILES string of the molecule is Cc1c(Br)cc(Br)c(C)c1-c1c(C)c(Br)cc(Br)c1C.Cc1c(Br)cc(Br)c(O)c1-c1c(C)c(Br)cc(Br)c1O. The van der Waals surface area contributed by atoms with Crippen LogP contribution < -0.4 is 0 Å². The molecule has 0 aliphatic rings. The van der Waals surface area contributed by atoms with Crippen LogP contribution in [0, 0.1) is 41.5 Å². The van der Waals surface area contributed by atoms with Gasteiger partial charge in [-0.3, -0.25) is 0 Å². The van der Waals surface area contributed by atoms with Crippen molar-refractivity contribution in [2.45, 2.75) is 41.5 Å². The van der Waals surface area contributed by atoms with Crippen LogP contribution in [0.3, 0.4) is 0 Å². The average molecular weight is 1060 g/mol. The molecule has 0 saturated heterocycles. The monoisotopic (exact) mass is 1050 g/mol. The maximum absolute atomic E-state index is 10.4. The van der Waals surface area contributed by atoms with Crippen molar-refractivity contribution in [3.8, 4) is 33.8 Å². The third-order valence-electron chi connectivity index (χ3n) is 6.84. The number of hydrogen-bond donors (Lipinski definition) is 2. The summed E-state index contributed by atoms with van der Waals surface area (Å²) in [6, 6.07) is 7.80. The number of phenols is 2. The predicted octanol–water partition coefficient (Wildman–Crippen LogP) is 14.1. The Morgan fingerprint density at radius 2 is 0.500 bits per heavy atom. The fraction of sp³-hybridized carbons (Fsp3) is 0.200. The number of halogens is 8. The lowest BCUT2D eigenvalue weighted by Gasteiger charge is -2.20. The summed E-state index contributed by atoms with van der Waals surface area (Å²) >= 11 is 28.2. The second-order valence-electron chi connectivity index (χ2n) is 9.31. The summed E-state index contributed by atoms with van der Waals surface area (Å²) in [6.07, 6.45) is 0. The quantitative estimate of drug-likeness (QED) is 0.210. The van der Waals surface area contributed by atoms with Gasteiger partial charge in [-0.1, -0.05) is 95.6 Å². The molecule has 40 heavy (non-hydrogen) atoms. The van der Waals surface area contributed by atoms with Crippen molar-refractivity contribution in [3.63, 3.8) is 0 Å². The zero-order chi connectivity index (χ0) is 30.4. The second-order valence-corrected chi connectivity index (χ2v) is 16.1. The summed E-state index contributed by atoms with van der Waals surface area (Å²) in [5.74, 6) is 0.211. The Kier molecular flexibility index (Phi) is 12.1. The number of hydrogen-bond acceptors (Lipinski definition) is 2. The molecule has 4 aromatic rings. The highest BCUT2D eigenvalue weighted by atomic mass is 79.9. The summed E-state index contributed by atoms with van der Waals surface area (Å²) in [4.78, 5) is 0. The molecule has 4 rings (SSSR count). The Bertz CT molecular complexity index is 1310. The van der Waals surface area contributed by atoms with Crippen LogP contribution in [0.25, 0.3) is 22.3 Å². The predicted molar refractivity (Wildman–Crippen MR) is 197 cm³/mol. The van der Waals surface area contributed by atoms with Gasteiger partial charge in [0.1, 0.15) is 11.5 Å². The highest BCUT2D eigenvalue weighted by Gasteiger charge is 2.22. The van der Waals surface area contributed by atoms with Crippen molar-refractivity contribution in [3.05, 3.63) is 93.4 Å². The Labute approximate surface area is 302 Å². The van der Waals surface area contributed by atoms with Gasteiger partial charge in [0.25, 0.3) is 0 Å². The normalized spacial score (nSPS) is 10.9. The van der Waals surface area contributed by atoms with Crippen LogP contribution in [0.4, 0.5) is 0 Å². The molecular weight excluding hydrogens is 1030 g/mol. The van der Waals surface area contributed by atoms with E-state index >= 15 is 0 Å². The molecule has 0 aliphatic heterocycles. The lowest BCUT2D eigenvalue weighted by Crippen LogP contribution is -1.97. The fourth-order valence-corrected chi connectivity index (χ4v) is 9.11. The smallest absolute Gasteiger partial charge is 0.138 e. The van der Waals surface area contributed by atoms with E-state index in [0.717, 1.165) is 38.0 Å². The van der Waals surface area contributed by atoms with Crippen LogP contribution in [-0.2, 0) is 0 Å². The van der Waals surface area contributed by atoms with Crippen molar-refractivity contribution in [1.29, 1.82) is 0 Å². The van der Waals surface area contributed by atoms with Crippen LogP contribution in [0.5, 0.6) is 11.5 Å². The number of benzene rings is 4. The van der Waals surface area contributed by atoms with E-state index in [1.807, 2.05) is 13.8 Å².